The molecule has 0 saturated carbocycles. The molecule has 0 aliphatic carbocycles. The maximum atomic E-state index is 12.3. The average Bonchev–Trinajstić information content (AvgIpc) is 3.41. The van der Waals surface area contributed by atoms with E-state index in [0.717, 1.165) is 62.0 Å². The topological polar surface area (TPSA) is 58.8 Å². The van der Waals surface area contributed by atoms with E-state index in [1.807, 2.05) is 25.7 Å². The maximum Gasteiger partial charge on any atom is 0.410 e. The fourth-order valence-electron chi connectivity index (χ4n) is 4.50. The Balaban J connectivity index is 1.42. The van der Waals surface area contributed by atoms with Gasteiger partial charge >= 0.3 is 6.09 Å². The Bertz CT molecular complexity index is 1070. The Morgan fingerprint density at radius 3 is 2.64 bits per heavy atom. The average molecular weight is 470 g/mol. The number of ether oxygens (including phenoxy) is 1. The van der Waals surface area contributed by atoms with E-state index in [2.05, 4.69) is 53.8 Å². The van der Waals surface area contributed by atoms with Crippen molar-refractivity contribution < 1.29 is 14.1 Å². The molecule has 0 radical (unpaired) electrons. The third-order valence-corrected chi connectivity index (χ3v) is 7.04. The second kappa shape index (κ2) is 9.85. The van der Waals surface area contributed by atoms with Crippen molar-refractivity contribution in [1.29, 1.82) is 0 Å². The molecule has 7 heteroatoms. The van der Waals surface area contributed by atoms with Gasteiger partial charge in [-0.3, -0.25) is 0 Å². The standard InChI is InChI=1S/C26H35N3O3S/c1-26(2,3)31-25(30)29-14-12-18(13-15-29)8-11-22-20-10-9-19(23-7-6-16-33-23)21(17-28(4)5)24(20)32-27-22/h6-7,9-10,16,18H,8,11-15,17H2,1-5H3. The molecule has 33 heavy (non-hydrogen) atoms. The van der Waals surface area contributed by atoms with Gasteiger partial charge in [0.15, 0.2) is 5.58 Å². The Morgan fingerprint density at radius 2 is 2.00 bits per heavy atom. The van der Waals surface area contributed by atoms with E-state index in [1.54, 1.807) is 11.3 Å². The van der Waals surface area contributed by atoms with E-state index < -0.39 is 5.60 Å². The van der Waals surface area contributed by atoms with Gasteiger partial charge in [0, 0.05) is 35.5 Å². The van der Waals surface area contributed by atoms with Crippen molar-refractivity contribution in [2.24, 2.45) is 5.92 Å². The summed E-state index contributed by atoms with van der Waals surface area (Å²) >= 11 is 1.75. The molecule has 1 aromatic carbocycles. The molecule has 0 spiro atoms. The number of hydrogen-bond acceptors (Lipinski definition) is 6. The number of nitrogens with zero attached hydrogens (tertiary/aromatic N) is 3. The van der Waals surface area contributed by atoms with E-state index in [-0.39, 0.29) is 6.09 Å². The van der Waals surface area contributed by atoms with Gasteiger partial charge in [-0.2, -0.15) is 0 Å². The highest BCUT2D eigenvalue weighted by molar-refractivity contribution is 7.13. The summed E-state index contributed by atoms with van der Waals surface area (Å²) in [7, 11) is 4.16. The van der Waals surface area contributed by atoms with Crippen LogP contribution in [0.3, 0.4) is 0 Å². The monoisotopic (exact) mass is 469 g/mol. The van der Waals surface area contributed by atoms with Gasteiger partial charge in [-0.05, 0) is 89.5 Å². The highest BCUT2D eigenvalue weighted by Crippen LogP contribution is 2.35. The number of aromatic nitrogens is 1. The Kier molecular flexibility index (Phi) is 7.10. The lowest BCUT2D eigenvalue weighted by Gasteiger charge is -2.33. The molecule has 178 valence electrons. The molecule has 3 aromatic rings. The minimum atomic E-state index is -0.448. The number of carbonyl (C=O) groups is 1. The molecule has 2 aromatic heterocycles. The van der Waals surface area contributed by atoms with Crippen molar-refractivity contribution in [1.82, 2.24) is 15.0 Å². The van der Waals surface area contributed by atoms with Crippen molar-refractivity contribution in [3.8, 4) is 10.4 Å². The van der Waals surface area contributed by atoms with Crippen LogP contribution < -0.4 is 0 Å². The first kappa shape index (κ1) is 23.8. The van der Waals surface area contributed by atoms with E-state index in [4.69, 9.17) is 9.26 Å². The van der Waals surface area contributed by atoms with Crippen LogP contribution in [-0.2, 0) is 17.7 Å². The second-order valence-electron chi connectivity index (χ2n) is 10.3. The molecule has 1 aliphatic rings. The molecular weight excluding hydrogens is 434 g/mol. The summed E-state index contributed by atoms with van der Waals surface area (Å²) in [4.78, 5) is 17.6. The summed E-state index contributed by atoms with van der Waals surface area (Å²) in [6.45, 7) is 8.06. The number of amides is 1. The molecule has 0 unspecified atom stereocenters. The van der Waals surface area contributed by atoms with Crippen LogP contribution in [0.1, 0.15) is 51.3 Å². The highest BCUT2D eigenvalue weighted by Gasteiger charge is 2.27. The van der Waals surface area contributed by atoms with Gasteiger partial charge in [0.05, 0.1) is 5.69 Å². The lowest BCUT2D eigenvalue weighted by Crippen LogP contribution is -2.41. The predicted octanol–water partition coefficient (Wildman–Crippen LogP) is 6.20. The van der Waals surface area contributed by atoms with Gasteiger partial charge in [0.1, 0.15) is 5.60 Å². The SMILES string of the molecule is CN(C)Cc1c(-c2cccs2)ccc2c(CCC3CCN(C(=O)OC(C)(C)C)CC3)noc12. The van der Waals surface area contributed by atoms with Crippen LogP contribution >= 0.6 is 11.3 Å². The number of thiophene rings is 1. The van der Waals surface area contributed by atoms with Crippen LogP contribution in [0, 0.1) is 5.92 Å². The lowest BCUT2D eigenvalue weighted by molar-refractivity contribution is 0.0181. The second-order valence-corrected chi connectivity index (χ2v) is 11.2. The summed E-state index contributed by atoms with van der Waals surface area (Å²) in [5.74, 6) is 0.585. The van der Waals surface area contributed by atoms with Crippen LogP contribution in [0.25, 0.3) is 21.4 Å². The van der Waals surface area contributed by atoms with Crippen molar-refractivity contribution >= 4 is 28.4 Å². The van der Waals surface area contributed by atoms with Gasteiger partial charge < -0.3 is 19.1 Å². The molecule has 0 N–H and O–H groups in total. The summed E-state index contributed by atoms with van der Waals surface area (Å²) in [6.07, 6.45) is 3.76. The zero-order valence-electron chi connectivity index (χ0n) is 20.4. The molecular formula is C26H35N3O3S. The zero-order chi connectivity index (χ0) is 23.6. The van der Waals surface area contributed by atoms with Crippen molar-refractivity contribution in [3.63, 3.8) is 0 Å². The smallest absolute Gasteiger partial charge is 0.410 e. The van der Waals surface area contributed by atoms with Crippen LogP contribution in [0.2, 0.25) is 0 Å². The van der Waals surface area contributed by atoms with E-state index >= 15 is 0 Å². The van der Waals surface area contributed by atoms with Crippen LogP contribution in [0.4, 0.5) is 4.79 Å². The number of likely N-dealkylation sites (tertiary alicyclic amines) is 1. The molecule has 1 fully saturated rings. The fourth-order valence-corrected chi connectivity index (χ4v) is 5.28. The Labute approximate surface area is 200 Å². The number of piperidine rings is 1. The number of carbonyl (C=O) groups excluding carboxylic acids is 1. The quantitative estimate of drug-likeness (QED) is 0.430. The van der Waals surface area contributed by atoms with E-state index in [0.29, 0.717) is 5.92 Å². The third kappa shape index (κ3) is 5.76. The predicted molar refractivity (Wildman–Crippen MR) is 134 cm³/mol. The van der Waals surface area contributed by atoms with Crippen LogP contribution in [0.15, 0.2) is 34.2 Å². The van der Waals surface area contributed by atoms with Crippen molar-refractivity contribution in [3.05, 3.63) is 40.9 Å². The molecule has 1 aliphatic heterocycles. The first-order chi connectivity index (χ1) is 15.7. The molecule has 1 saturated heterocycles. The molecule has 4 rings (SSSR count). The molecule has 0 bridgehead atoms. The fraction of sp³-hybridized carbons (Fsp3) is 0.538. The number of rotatable bonds is 6. The Morgan fingerprint density at radius 1 is 1.24 bits per heavy atom. The van der Waals surface area contributed by atoms with Crippen LogP contribution in [-0.4, -0.2) is 53.8 Å². The largest absolute Gasteiger partial charge is 0.444 e. The maximum absolute atomic E-state index is 12.3. The lowest BCUT2D eigenvalue weighted by atomic mass is 9.91. The summed E-state index contributed by atoms with van der Waals surface area (Å²) in [5.41, 5.74) is 3.92. The number of benzene rings is 1. The van der Waals surface area contributed by atoms with Gasteiger partial charge in [0.25, 0.3) is 0 Å². The minimum Gasteiger partial charge on any atom is -0.444 e. The van der Waals surface area contributed by atoms with Gasteiger partial charge in [-0.1, -0.05) is 17.3 Å². The molecule has 1 amide bonds. The zero-order valence-corrected chi connectivity index (χ0v) is 21.2. The highest BCUT2D eigenvalue weighted by atomic mass is 32.1. The molecule has 0 atom stereocenters. The summed E-state index contributed by atoms with van der Waals surface area (Å²) < 4.78 is 11.4. The summed E-state index contributed by atoms with van der Waals surface area (Å²) in [5, 5.41) is 7.71. The van der Waals surface area contributed by atoms with E-state index in [9.17, 15) is 4.79 Å². The molecule has 6 nitrogen and oxygen atoms in total. The normalized spacial score (nSPS) is 15.5. The van der Waals surface area contributed by atoms with Gasteiger partial charge in [0.2, 0.25) is 0 Å². The van der Waals surface area contributed by atoms with E-state index in [1.165, 1.54) is 16.0 Å². The first-order valence-corrected chi connectivity index (χ1v) is 12.7. The minimum absolute atomic E-state index is 0.196. The number of fused-ring (bicyclic) bond motifs is 1. The molecule has 3 heterocycles. The van der Waals surface area contributed by atoms with Crippen molar-refractivity contribution in [2.75, 3.05) is 27.2 Å². The third-order valence-electron chi connectivity index (χ3n) is 6.14. The van der Waals surface area contributed by atoms with Gasteiger partial charge in [-0.25, -0.2) is 4.79 Å². The van der Waals surface area contributed by atoms with Gasteiger partial charge in [-0.15, -0.1) is 11.3 Å². The first-order valence-electron chi connectivity index (χ1n) is 11.8. The number of hydrogen-bond donors (Lipinski definition) is 0. The summed E-state index contributed by atoms with van der Waals surface area (Å²) in [6, 6.07) is 8.63. The van der Waals surface area contributed by atoms with Crippen LogP contribution in [0.5, 0.6) is 0 Å². The van der Waals surface area contributed by atoms with Crippen molar-refractivity contribution in [2.45, 2.75) is 58.6 Å². The number of aryl methyl sites for hydroxylation is 1. The Hall–Kier alpha value is -2.38.